The molecule has 1 saturated heterocycles. The molecule has 2 aromatic rings. The molecule has 0 saturated carbocycles. The highest BCUT2D eigenvalue weighted by atomic mass is 79.9. The molecule has 1 aromatic heterocycles. The van der Waals surface area contributed by atoms with Crippen LogP contribution in [0.1, 0.15) is 40.5 Å². The molecule has 3 N–H and O–H groups in total. The van der Waals surface area contributed by atoms with Crippen LogP contribution < -0.4 is 15.5 Å². The largest absolute Gasteiger partial charge is 0.391 e. The lowest BCUT2D eigenvalue weighted by molar-refractivity contribution is -0.183. The van der Waals surface area contributed by atoms with Crippen molar-refractivity contribution >= 4 is 62.9 Å². The van der Waals surface area contributed by atoms with Gasteiger partial charge in [0, 0.05) is 6.04 Å². The zero-order valence-corrected chi connectivity index (χ0v) is 20.3. The third-order valence-corrected chi connectivity index (χ3v) is 5.52. The first kappa shape index (κ1) is 25.5. The molecule has 0 aliphatic carbocycles. The number of imidazole rings is 1. The molecule has 0 spiro atoms. The Labute approximate surface area is 203 Å². The number of H-pyrrole nitrogens is 1. The van der Waals surface area contributed by atoms with Crippen LogP contribution in [0.4, 0.5) is 19.0 Å². The van der Waals surface area contributed by atoms with Gasteiger partial charge in [0.05, 0.1) is 18.8 Å². The molecule has 1 aromatic carbocycles. The average molecular weight is 583 g/mol. The van der Waals surface area contributed by atoms with Crippen LogP contribution in [0.15, 0.2) is 36.4 Å². The highest BCUT2D eigenvalue weighted by Gasteiger charge is 2.42. The smallest absolute Gasteiger partial charge is 0.339 e. The fraction of sp³-hybridized carbons (Fsp3) is 0.368. The zero-order valence-electron chi connectivity index (χ0n) is 16.0. The van der Waals surface area contributed by atoms with Gasteiger partial charge in [0.15, 0.2) is 11.6 Å². The van der Waals surface area contributed by atoms with Crippen LogP contribution in [0, 0.1) is 5.92 Å². The Morgan fingerprint density at radius 2 is 2.00 bits per heavy atom. The molecule has 12 heteroatoms. The Morgan fingerprint density at radius 3 is 2.71 bits per heavy atom. The van der Waals surface area contributed by atoms with Gasteiger partial charge in [-0.15, -0.1) is 34.0 Å². The summed E-state index contributed by atoms with van der Waals surface area (Å²) in [6, 6.07) is 6.92. The number of anilines is 1. The third-order valence-electron chi connectivity index (χ3n) is 5.33. The fourth-order valence-electron chi connectivity index (χ4n) is 3.88. The summed E-state index contributed by atoms with van der Waals surface area (Å²) in [6.07, 6.45) is -2.73. The normalized spacial score (nSPS) is 20.7. The molecule has 2 atom stereocenters. The number of hydrogen-bond acceptors (Lipinski definition) is 5. The minimum absolute atomic E-state index is 0. The van der Waals surface area contributed by atoms with Gasteiger partial charge in [0.2, 0.25) is 0 Å². The van der Waals surface area contributed by atoms with Crippen molar-refractivity contribution in [3.63, 3.8) is 0 Å². The number of nitrogens with zero attached hydrogens (tertiary/aromatic N) is 2. The van der Waals surface area contributed by atoms with E-state index < -0.39 is 18.1 Å². The summed E-state index contributed by atoms with van der Waals surface area (Å²) in [5.41, 5.74) is 1.91. The van der Waals surface area contributed by atoms with Gasteiger partial charge in [-0.2, -0.15) is 13.2 Å². The lowest BCUT2D eigenvalue weighted by atomic mass is 9.86. The lowest BCUT2D eigenvalue weighted by Crippen LogP contribution is -2.42. The van der Waals surface area contributed by atoms with Gasteiger partial charge >= 0.3 is 6.18 Å². The number of amides is 1. The Hall–Kier alpha value is -1.72. The molecule has 0 radical (unpaired) electrons. The van der Waals surface area contributed by atoms with Crippen molar-refractivity contribution in [1.29, 1.82) is 0 Å². The standard InChI is InChI=1S/C19H18F3N5OS.2BrH/c20-19(21,22)12-5-6-23-14(7-12)13-4-2-1-3-11(13)8-27-15(9-29)26-18(28)16-17(27)25-10-24-16;;/h1-4,10,12,14,23H,5-8H2,(H,24,25)(H,26,28);2*1H/t12-,14-;;/m1../s1. The van der Waals surface area contributed by atoms with E-state index in [0.29, 0.717) is 18.1 Å². The summed E-state index contributed by atoms with van der Waals surface area (Å²) in [6.45, 7) is 0.583. The molecular weight excluding hydrogens is 563 g/mol. The minimum Gasteiger partial charge on any atom is -0.339 e. The number of benzene rings is 1. The van der Waals surface area contributed by atoms with Crippen molar-refractivity contribution in [2.45, 2.75) is 31.6 Å². The summed E-state index contributed by atoms with van der Waals surface area (Å²) in [5.74, 6) is -1.01. The molecule has 3 heterocycles. The van der Waals surface area contributed by atoms with E-state index in [1.807, 2.05) is 24.3 Å². The van der Waals surface area contributed by atoms with Crippen LogP contribution in [0.25, 0.3) is 0 Å². The number of hydrogen-bond donors (Lipinski definition) is 3. The van der Waals surface area contributed by atoms with Gasteiger partial charge in [0.1, 0.15) is 5.69 Å². The van der Waals surface area contributed by atoms with Crippen molar-refractivity contribution in [3.8, 4) is 0 Å². The predicted molar refractivity (Wildman–Crippen MR) is 125 cm³/mol. The Bertz CT molecular complexity index is 993. The second-order valence-corrected chi connectivity index (χ2v) is 7.26. The highest BCUT2D eigenvalue weighted by molar-refractivity contribution is 8.93. The van der Waals surface area contributed by atoms with Crippen LogP contribution in [-0.4, -0.2) is 33.6 Å². The quantitative estimate of drug-likeness (QED) is 0.469. The van der Waals surface area contributed by atoms with Crippen LogP contribution in [0.3, 0.4) is 0 Å². The second kappa shape index (κ2) is 10.3. The van der Waals surface area contributed by atoms with Crippen molar-refractivity contribution < 1.29 is 18.0 Å². The van der Waals surface area contributed by atoms with Crippen molar-refractivity contribution in [1.82, 2.24) is 20.6 Å². The highest BCUT2D eigenvalue weighted by Crippen LogP contribution is 2.39. The van der Waals surface area contributed by atoms with Gasteiger partial charge in [-0.3, -0.25) is 15.0 Å². The summed E-state index contributed by atoms with van der Waals surface area (Å²) in [4.78, 5) is 20.8. The number of aromatic amines is 1. The number of halogens is 5. The third kappa shape index (κ3) is 5.20. The molecule has 0 unspecified atom stereocenters. The van der Waals surface area contributed by atoms with E-state index in [0.717, 1.165) is 11.1 Å². The lowest BCUT2D eigenvalue weighted by Gasteiger charge is -2.34. The second-order valence-electron chi connectivity index (χ2n) is 7.06. The molecular formula is C19H20Br2F3N5OS. The Kier molecular flexibility index (Phi) is 8.46. The molecule has 31 heavy (non-hydrogen) atoms. The summed E-state index contributed by atoms with van der Waals surface area (Å²) >= 11 is 4.92. The first-order valence-corrected chi connectivity index (χ1v) is 9.54. The van der Waals surface area contributed by atoms with E-state index in [-0.39, 0.29) is 65.1 Å². The average Bonchev–Trinajstić information content (AvgIpc) is 3.20. The van der Waals surface area contributed by atoms with Crippen LogP contribution in [-0.2, 0) is 6.54 Å². The van der Waals surface area contributed by atoms with Crippen LogP contribution in [0.5, 0.6) is 0 Å². The number of rotatable bonds is 3. The molecule has 1 fully saturated rings. The minimum atomic E-state index is -4.20. The number of alkyl halides is 3. The van der Waals surface area contributed by atoms with Gasteiger partial charge in [-0.1, -0.05) is 24.3 Å². The Morgan fingerprint density at radius 1 is 1.26 bits per heavy atom. The van der Waals surface area contributed by atoms with E-state index in [1.165, 1.54) is 6.33 Å². The van der Waals surface area contributed by atoms with E-state index in [2.05, 4.69) is 25.6 Å². The number of carbonyl (C=O) groups excluding carboxylic acids is 1. The number of thiocarbonyl (C=S) groups is 1. The maximum Gasteiger partial charge on any atom is 0.391 e. The van der Waals surface area contributed by atoms with Gasteiger partial charge in [0.25, 0.3) is 5.91 Å². The van der Waals surface area contributed by atoms with E-state index in [1.54, 1.807) is 4.90 Å². The summed E-state index contributed by atoms with van der Waals surface area (Å²) < 4.78 is 39.8. The molecule has 4 rings (SSSR count). The molecule has 0 bridgehead atoms. The van der Waals surface area contributed by atoms with Crippen LogP contribution in [0.2, 0.25) is 0 Å². The molecule has 1 amide bonds. The maximum absolute atomic E-state index is 13.3. The Balaban J connectivity index is 0.00000171. The number of piperidine rings is 1. The fourth-order valence-corrected chi connectivity index (χ4v) is 4.04. The van der Waals surface area contributed by atoms with Crippen molar-refractivity contribution in [2.75, 3.05) is 11.4 Å². The number of nitrogens with one attached hydrogen (secondary N) is 3. The van der Waals surface area contributed by atoms with Crippen LogP contribution >= 0.6 is 46.2 Å². The topological polar surface area (TPSA) is 73.1 Å². The summed E-state index contributed by atoms with van der Waals surface area (Å²) in [5, 5.41) is 8.40. The van der Waals surface area contributed by atoms with Gasteiger partial charge in [-0.05, 0) is 47.8 Å². The zero-order chi connectivity index (χ0) is 20.6. The summed E-state index contributed by atoms with van der Waals surface area (Å²) in [7, 11) is 0. The van der Waals surface area contributed by atoms with Gasteiger partial charge in [-0.25, -0.2) is 4.98 Å². The first-order chi connectivity index (χ1) is 13.9. The predicted octanol–water partition coefficient (Wildman–Crippen LogP) is 4.36. The maximum atomic E-state index is 13.3. The molecule has 2 aliphatic rings. The SMILES string of the molecule is Br.Br.O=C1NC(=C=S)N(Cc2ccccc2[C@H]2C[C@H](C(F)(F)F)CCN2)c2nc[nH]c21. The van der Waals surface area contributed by atoms with Crippen molar-refractivity contribution in [3.05, 3.63) is 53.2 Å². The monoisotopic (exact) mass is 581 g/mol. The molecule has 168 valence electrons. The van der Waals surface area contributed by atoms with E-state index in [4.69, 9.17) is 12.2 Å². The first-order valence-electron chi connectivity index (χ1n) is 9.13. The number of fused-ring (bicyclic) bond motifs is 1. The number of aromatic nitrogens is 2. The molecule has 2 aliphatic heterocycles. The van der Waals surface area contributed by atoms with Crippen molar-refractivity contribution in [2.24, 2.45) is 5.92 Å². The molecule has 6 nitrogen and oxygen atoms in total. The van der Waals surface area contributed by atoms with E-state index >= 15 is 0 Å². The van der Waals surface area contributed by atoms with Gasteiger partial charge < -0.3 is 10.3 Å². The number of carbonyl (C=O) groups is 1. The van der Waals surface area contributed by atoms with E-state index in [9.17, 15) is 18.0 Å².